The highest BCUT2D eigenvalue weighted by molar-refractivity contribution is 6.06. The molecule has 0 aliphatic heterocycles. The molecule has 0 radical (unpaired) electrons. The summed E-state index contributed by atoms with van der Waals surface area (Å²) in [6, 6.07) is 12.0. The van der Waals surface area contributed by atoms with Gasteiger partial charge in [0.05, 0.1) is 0 Å². The summed E-state index contributed by atoms with van der Waals surface area (Å²) in [7, 11) is 0. The topological polar surface area (TPSA) is 58.2 Å². The van der Waals surface area contributed by atoms with E-state index in [1.165, 1.54) is 24.3 Å². The Morgan fingerprint density at radius 1 is 1.00 bits per heavy atom. The fourth-order valence-electron chi connectivity index (χ4n) is 2.11. The van der Waals surface area contributed by atoms with Crippen LogP contribution in [0.1, 0.15) is 41.0 Å². The summed E-state index contributed by atoms with van der Waals surface area (Å²) in [6.45, 7) is 4.78. The van der Waals surface area contributed by atoms with Gasteiger partial charge in [-0.05, 0) is 54.8 Å². The van der Waals surface area contributed by atoms with Crippen LogP contribution in [0.2, 0.25) is 0 Å². The number of carbonyl (C=O) groups excluding carboxylic acids is 2. The van der Waals surface area contributed by atoms with Crippen LogP contribution in [0, 0.1) is 11.7 Å². The Labute approximate surface area is 141 Å². The van der Waals surface area contributed by atoms with Gasteiger partial charge in [0.2, 0.25) is 0 Å². The number of hydrogen-bond acceptors (Lipinski definition) is 2. The van der Waals surface area contributed by atoms with Gasteiger partial charge in [-0.3, -0.25) is 9.59 Å². The molecule has 0 saturated heterocycles. The van der Waals surface area contributed by atoms with Crippen LogP contribution < -0.4 is 10.6 Å². The minimum atomic E-state index is -0.368. The molecule has 0 unspecified atom stereocenters. The van der Waals surface area contributed by atoms with Crippen LogP contribution in [-0.2, 0) is 0 Å². The maximum atomic E-state index is 12.9. The molecule has 24 heavy (non-hydrogen) atoms. The molecule has 2 amide bonds. The van der Waals surface area contributed by atoms with Crippen molar-refractivity contribution in [3.05, 3.63) is 65.5 Å². The zero-order valence-corrected chi connectivity index (χ0v) is 13.8. The Hall–Kier alpha value is -2.69. The maximum Gasteiger partial charge on any atom is 0.255 e. The van der Waals surface area contributed by atoms with Crippen LogP contribution in [0.3, 0.4) is 0 Å². The molecule has 0 bridgehead atoms. The van der Waals surface area contributed by atoms with Gasteiger partial charge in [-0.15, -0.1) is 0 Å². The van der Waals surface area contributed by atoms with E-state index in [0.29, 0.717) is 29.3 Å². The Morgan fingerprint density at radius 2 is 1.62 bits per heavy atom. The van der Waals surface area contributed by atoms with Gasteiger partial charge in [0.25, 0.3) is 11.8 Å². The lowest BCUT2D eigenvalue weighted by Gasteiger charge is -2.09. The Kier molecular flexibility index (Phi) is 6.07. The van der Waals surface area contributed by atoms with E-state index in [2.05, 4.69) is 24.5 Å². The standard InChI is InChI=1S/C19H21FN2O2/c1-13(2)10-11-21-18(23)14-4-3-5-15(12-14)19(24)22-17-8-6-16(20)7-9-17/h3-9,12-13H,10-11H2,1-2H3,(H,21,23)(H,22,24). The van der Waals surface area contributed by atoms with E-state index in [1.54, 1.807) is 24.3 Å². The molecule has 2 aromatic carbocycles. The van der Waals surface area contributed by atoms with Crippen LogP contribution in [0.5, 0.6) is 0 Å². The predicted molar refractivity (Wildman–Crippen MR) is 92.6 cm³/mol. The number of amides is 2. The minimum absolute atomic E-state index is 0.202. The van der Waals surface area contributed by atoms with E-state index in [4.69, 9.17) is 0 Å². The summed E-state index contributed by atoms with van der Waals surface area (Å²) in [4.78, 5) is 24.4. The predicted octanol–water partition coefficient (Wildman–Crippen LogP) is 3.85. The largest absolute Gasteiger partial charge is 0.352 e. The molecule has 126 valence electrons. The molecule has 0 aromatic heterocycles. The molecule has 0 saturated carbocycles. The van der Waals surface area contributed by atoms with Crippen molar-refractivity contribution in [2.45, 2.75) is 20.3 Å². The van der Waals surface area contributed by atoms with Crippen LogP contribution in [0.25, 0.3) is 0 Å². The van der Waals surface area contributed by atoms with Crippen LogP contribution in [0.4, 0.5) is 10.1 Å². The first-order valence-corrected chi connectivity index (χ1v) is 7.91. The van der Waals surface area contributed by atoms with Gasteiger partial charge in [-0.1, -0.05) is 19.9 Å². The lowest BCUT2D eigenvalue weighted by atomic mass is 10.1. The number of halogens is 1. The summed E-state index contributed by atoms with van der Waals surface area (Å²) in [5, 5.41) is 5.51. The number of anilines is 1. The lowest BCUT2D eigenvalue weighted by molar-refractivity contribution is 0.0952. The minimum Gasteiger partial charge on any atom is -0.352 e. The molecule has 0 heterocycles. The van der Waals surface area contributed by atoms with Crippen molar-refractivity contribution in [1.82, 2.24) is 5.32 Å². The number of hydrogen-bond donors (Lipinski definition) is 2. The maximum absolute atomic E-state index is 12.9. The summed E-state index contributed by atoms with van der Waals surface area (Å²) in [5.41, 5.74) is 1.30. The Morgan fingerprint density at radius 3 is 2.25 bits per heavy atom. The summed E-state index contributed by atoms with van der Waals surface area (Å²) in [6.07, 6.45) is 0.899. The highest BCUT2D eigenvalue weighted by Gasteiger charge is 2.11. The van der Waals surface area contributed by atoms with Crippen molar-refractivity contribution in [3.8, 4) is 0 Å². The van der Waals surface area contributed by atoms with Crippen molar-refractivity contribution in [1.29, 1.82) is 0 Å². The van der Waals surface area contributed by atoms with Crippen molar-refractivity contribution >= 4 is 17.5 Å². The van der Waals surface area contributed by atoms with Gasteiger partial charge >= 0.3 is 0 Å². The van der Waals surface area contributed by atoms with Gasteiger partial charge in [0.15, 0.2) is 0 Å². The molecule has 0 fully saturated rings. The van der Waals surface area contributed by atoms with Crippen molar-refractivity contribution in [3.63, 3.8) is 0 Å². The first kappa shape index (κ1) is 17.7. The fraction of sp³-hybridized carbons (Fsp3) is 0.263. The van der Waals surface area contributed by atoms with Gasteiger partial charge in [0.1, 0.15) is 5.82 Å². The molecule has 0 spiro atoms. The third kappa shape index (κ3) is 5.19. The first-order valence-electron chi connectivity index (χ1n) is 7.91. The number of benzene rings is 2. The van der Waals surface area contributed by atoms with Crippen molar-refractivity contribution in [2.75, 3.05) is 11.9 Å². The van der Waals surface area contributed by atoms with Gasteiger partial charge in [-0.2, -0.15) is 0 Å². The third-order valence-corrected chi connectivity index (χ3v) is 3.50. The molecule has 0 atom stereocenters. The average molecular weight is 328 g/mol. The fourth-order valence-corrected chi connectivity index (χ4v) is 2.11. The van der Waals surface area contributed by atoms with E-state index in [-0.39, 0.29) is 17.6 Å². The van der Waals surface area contributed by atoms with Gasteiger partial charge < -0.3 is 10.6 Å². The highest BCUT2D eigenvalue weighted by atomic mass is 19.1. The average Bonchev–Trinajstić information content (AvgIpc) is 2.56. The second-order valence-corrected chi connectivity index (χ2v) is 5.98. The lowest BCUT2D eigenvalue weighted by Crippen LogP contribution is -2.25. The van der Waals surface area contributed by atoms with E-state index >= 15 is 0 Å². The highest BCUT2D eigenvalue weighted by Crippen LogP contribution is 2.12. The molecule has 2 rings (SSSR count). The monoisotopic (exact) mass is 328 g/mol. The van der Waals surface area contributed by atoms with E-state index in [9.17, 15) is 14.0 Å². The molecule has 2 N–H and O–H groups in total. The van der Waals surface area contributed by atoms with Crippen LogP contribution >= 0.6 is 0 Å². The molecule has 0 aliphatic carbocycles. The quantitative estimate of drug-likeness (QED) is 0.846. The summed E-state index contributed by atoms with van der Waals surface area (Å²) in [5.74, 6) is -0.406. The zero-order valence-electron chi connectivity index (χ0n) is 13.8. The number of rotatable bonds is 6. The summed E-state index contributed by atoms with van der Waals surface area (Å²) < 4.78 is 12.9. The van der Waals surface area contributed by atoms with Crippen molar-refractivity contribution < 1.29 is 14.0 Å². The van der Waals surface area contributed by atoms with Crippen LogP contribution in [-0.4, -0.2) is 18.4 Å². The first-order chi connectivity index (χ1) is 11.5. The van der Waals surface area contributed by atoms with E-state index < -0.39 is 0 Å². The molecular formula is C19H21FN2O2. The van der Waals surface area contributed by atoms with Crippen LogP contribution in [0.15, 0.2) is 48.5 Å². The van der Waals surface area contributed by atoms with E-state index in [1.807, 2.05) is 0 Å². The van der Waals surface area contributed by atoms with Crippen molar-refractivity contribution in [2.24, 2.45) is 5.92 Å². The Bertz CT molecular complexity index is 712. The smallest absolute Gasteiger partial charge is 0.255 e. The third-order valence-electron chi connectivity index (χ3n) is 3.50. The second kappa shape index (κ2) is 8.24. The molecule has 5 heteroatoms. The molecular weight excluding hydrogens is 307 g/mol. The van der Waals surface area contributed by atoms with E-state index in [0.717, 1.165) is 6.42 Å². The van der Waals surface area contributed by atoms with Gasteiger partial charge in [-0.25, -0.2) is 4.39 Å². The SMILES string of the molecule is CC(C)CCNC(=O)c1cccc(C(=O)Nc2ccc(F)cc2)c1. The molecule has 0 aliphatic rings. The zero-order chi connectivity index (χ0) is 17.5. The molecule has 4 nitrogen and oxygen atoms in total. The van der Waals surface area contributed by atoms with Gasteiger partial charge in [0, 0.05) is 23.4 Å². The molecule has 2 aromatic rings. The normalized spacial score (nSPS) is 10.5. The second-order valence-electron chi connectivity index (χ2n) is 5.98. The number of nitrogens with one attached hydrogen (secondary N) is 2. The number of carbonyl (C=O) groups is 2. The Balaban J connectivity index is 2.02. The summed E-state index contributed by atoms with van der Waals surface area (Å²) >= 11 is 0.